The molecule has 4 heteroatoms. The normalized spacial score (nSPS) is 10.2. The third kappa shape index (κ3) is 7.05. The van der Waals surface area contributed by atoms with Crippen LogP contribution in [0.25, 0.3) is 12.2 Å². The van der Waals surface area contributed by atoms with E-state index in [0.717, 1.165) is 11.1 Å². The van der Waals surface area contributed by atoms with Gasteiger partial charge in [0.1, 0.15) is 0 Å². The summed E-state index contributed by atoms with van der Waals surface area (Å²) in [5.41, 5.74) is 2.20. The molecular formula is C20H17FeNO2. The first-order valence-electron chi connectivity index (χ1n) is 7.23. The minimum atomic E-state index is -0.400. The monoisotopic (exact) mass is 359 g/mol. The minimum absolute atomic E-state index is 0. The van der Waals surface area contributed by atoms with Crippen LogP contribution >= 0.6 is 0 Å². The molecule has 24 heavy (non-hydrogen) atoms. The summed E-state index contributed by atoms with van der Waals surface area (Å²) in [7, 11) is 0. The third-order valence-electron chi connectivity index (χ3n) is 3.04. The van der Waals surface area contributed by atoms with Gasteiger partial charge in [0.2, 0.25) is 0 Å². The number of hydrogen-bond donors (Lipinski definition) is 0. The maximum Gasteiger partial charge on any atom is 2.00 e. The minimum Gasteiger partial charge on any atom is -0.258 e. The Balaban J connectivity index is 0.000000412. The molecule has 122 valence electrons. The number of benzene rings is 1. The molecule has 3 nitrogen and oxygen atoms in total. The predicted molar refractivity (Wildman–Crippen MR) is 95.2 cm³/mol. The van der Waals surface area contributed by atoms with Gasteiger partial charge in [-0.2, -0.15) is 30.3 Å². The Hall–Kier alpha value is -2.68. The zero-order chi connectivity index (χ0) is 16.3. The summed E-state index contributed by atoms with van der Waals surface area (Å²) >= 11 is 0. The SMILES string of the molecule is O=[N+]([O-])c1ccc(/C=C/C=C/[c-]2cccc2)cc1.[Fe+2].c1cc[cH-]c1. The Bertz CT molecular complexity index is 722. The van der Waals surface area contributed by atoms with Crippen LogP contribution in [0.5, 0.6) is 0 Å². The molecule has 0 atom stereocenters. The fourth-order valence-electron chi connectivity index (χ4n) is 1.86. The van der Waals surface area contributed by atoms with Gasteiger partial charge in [-0.25, -0.2) is 12.1 Å². The average Bonchev–Trinajstić information content (AvgIpc) is 3.28. The fourth-order valence-corrected chi connectivity index (χ4v) is 1.86. The summed E-state index contributed by atoms with van der Waals surface area (Å²) in [5.74, 6) is 0. The molecule has 0 saturated carbocycles. The van der Waals surface area contributed by atoms with Crippen LogP contribution in [-0.2, 0) is 17.1 Å². The molecule has 0 unspecified atom stereocenters. The van der Waals surface area contributed by atoms with E-state index in [1.54, 1.807) is 12.1 Å². The molecule has 0 spiro atoms. The fraction of sp³-hybridized carbons (Fsp3) is 0. The van der Waals surface area contributed by atoms with E-state index in [9.17, 15) is 10.1 Å². The second kappa shape index (κ2) is 10.9. The smallest absolute Gasteiger partial charge is 0.258 e. The van der Waals surface area contributed by atoms with E-state index in [0.29, 0.717) is 0 Å². The predicted octanol–water partition coefficient (Wildman–Crippen LogP) is 5.44. The molecule has 0 heterocycles. The quantitative estimate of drug-likeness (QED) is 0.205. The Kier molecular flexibility index (Phi) is 8.83. The van der Waals surface area contributed by atoms with Crippen LogP contribution in [0, 0.1) is 10.1 Å². The molecule has 0 aromatic heterocycles. The van der Waals surface area contributed by atoms with Gasteiger partial charge in [0.05, 0.1) is 4.92 Å². The molecular weight excluding hydrogens is 342 g/mol. The second-order valence-corrected chi connectivity index (χ2v) is 4.75. The summed E-state index contributed by atoms with van der Waals surface area (Å²) in [4.78, 5) is 10.1. The topological polar surface area (TPSA) is 43.1 Å². The van der Waals surface area contributed by atoms with Crippen LogP contribution in [0.4, 0.5) is 5.69 Å². The third-order valence-corrected chi connectivity index (χ3v) is 3.04. The Morgan fingerprint density at radius 1 is 0.958 bits per heavy atom. The van der Waals surface area contributed by atoms with Crippen molar-refractivity contribution in [1.82, 2.24) is 0 Å². The van der Waals surface area contributed by atoms with Gasteiger partial charge in [-0.3, -0.25) is 10.1 Å². The second-order valence-electron chi connectivity index (χ2n) is 4.75. The van der Waals surface area contributed by atoms with E-state index in [1.165, 1.54) is 12.1 Å². The van der Waals surface area contributed by atoms with Gasteiger partial charge in [0, 0.05) is 12.1 Å². The van der Waals surface area contributed by atoms with Crippen molar-refractivity contribution >= 4 is 17.8 Å². The number of nitro groups is 1. The summed E-state index contributed by atoms with van der Waals surface area (Å²) in [6.45, 7) is 0. The summed E-state index contributed by atoms with van der Waals surface area (Å²) in [6, 6.07) is 24.5. The first-order chi connectivity index (χ1) is 11.3. The number of nitrogens with zero attached hydrogens (tertiary/aromatic N) is 1. The van der Waals surface area contributed by atoms with Crippen LogP contribution in [0.15, 0.2) is 91.0 Å². The maximum absolute atomic E-state index is 10.5. The van der Waals surface area contributed by atoms with E-state index in [-0.39, 0.29) is 22.8 Å². The summed E-state index contributed by atoms with van der Waals surface area (Å²) in [6.07, 6.45) is 7.76. The van der Waals surface area contributed by atoms with Crippen molar-refractivity contribution < 1.29 is 22.0 Å². The van der Waals surface area contributed by atoms with Crippen LogP contribution < -0.4 is 0 Å². The van der Waals surface area contributed by atoms with E-state index in [2.05, 4.69) is 0 Å². The average molecular weight is 359 g/mol. The molecule has 0 aliphatic rings. The van der Waals surface area contributed by atoms with E-state index in [1.807, 2.05) is 78.9 Å². The van der Waals surface area contributed by atoms with Crippen LogP contribution in [0.2, 0.25) is 0 Å². The standard InChI is InChI=1S/C15H12NO2.C5H5.Fe/c17-16(18)15-11-9-14(10-12-15)8-4-3-7-13-5-1-2-6-13;1-2-4-5-3-1;/h1-12H;1-5H;/q2*-1;+2/b7-3+,8-4+;;. The zero-order valence-corrected chi connectivity index (χ0v) is 14.0. The first kappa shape index (κ1) is 19.4. The van der Waals surface area contributed by atoms with Crippen molar-refractivity contribution in [3.8, 4) is 0 Å². The van der Waals surface area contributed by atoms with E-state index >= 15 is 0 Å². The number of nitro benzene ring substituents is 1. The van der Waals surface area contributed by atoms with Gasteiger partial charge in [0.15, 0.2) is 0 Å². The van der Waals surface area contributed by atoms with Crippen molar-refractivity contribution in [2.24, 2.45) is 0 Å². The summed E-state index contributed by atoms with van der Waals surface area (Å²) < 4.78 is 0. The van der Waals surface area contributed by atoms with Crippen molar-refractivity contribution in [3.05, 3.63) is 112 Å². The number of non-ortho nitro benzene ring substituents is 1. The molecule has 3 rings (SSSR count). The molecule has 0 fully saturated rings. The largest absolute Gasteiger partial charge is 2.00 e. The number of hydrogen-bond acceptors (Lipinski definition) is 2. The molecule has 3 aromatic rings. The summed E-state index contributed by atoms with van der Waals surface area (Å²) in [5, 5.41) is 10.5. The Morgan fingerprint density at radius 3 is 2.08 bits per heavy atom. The van der Waals surface area contributed by atoms with Gasteiger partial charge in [-0.1, -0.05) is 6.08 Å². The van der Waals surface area contributed by atoms with Gasteiger partial charge in [-0.15, -0.1) is 35.9 Å². The molecule has 0 aliphatic heterocycles. The van der Waals surface area contributed by atoms with Crippen LogP contribution in [-0.4, -0.2) is 4.92 Å². The van der Waals surface area contributed by atoms with Crippen molar-refractivity contribution in [1.29, 1.82) is 0 Å². The van der Waals surface area contributed by atoms with Gasteiger partial charge in [0.25, 0.3) is 5.69 Å². The Morgan fingerprint density at radius 2 is 1.58 bits per heavy atom. The molecule has 3 aromatic carbocycles. The Labute approximate surface area is 152 Å². The molecule has 0 aliphatic carbocycles. The van der Waals surface area contributed by atoms with Gasteiger partial charge < -0.3 is 0 Å². The molecule has 0 saturated heterocycles. The first-order valence-corrected chi connectivity index (χ1v) is 7.23. The van der Waals surface area contributed by atoms with E-state index in [4.69, 9.17) is 0 Å². The maximum atomic E-state index is 10.5. The number of allylic oxidation sites excluding steroid dienone is 2. The van der Waals surface area contributed by atoms with E-state index < -0.39 is 4.92 Å². The molecule has 0 N–H and O–H groups in total. The van der Waals surface area contributed by atoms with Crippen molar-refractivity contribution in [2.75, 3.05) is 0 Å². The van der Waals surface area contributed by atoms with Crippen molar-refractivity contribution in [2.45, 2.75) is 0 Å². The van der Waals surface area contributed by atoms with Gasteiger partial charge in [-0.05, 0) is 17.7 Å². The zero-order valence-electron chi connectivity index (χ0n) is 12.9. The van der Waals surface area contributed by atoms with Gasteiger partial charge >= 0.3 is 17.1 Å². The van der Waals surface area contributed by atoms with Crippen LogP contribution in [0.3, 0.4) is 0 Å². The number of rotatable bonds is 4. The van der Waals surface area contributed by atoms with Crippen molar-refractivity contribution in [3.63, 3.8) is 0 Å². The molecule has 0 amide bonds. The molecule has 0 bridgehead atoms. The van der Waals surface area contributed by atoms with Crippen LogP contribution in [0.1, 0.15) is 11.1 Å². The molecule has 0 radical (unpaired) electrons.